The van der Waals surface area contributed by atoms with Gasteiger partial charge in [-0.2, -0.15) is 10.1 Å². The third kappa shape index (κ3) is 5.04. The molecule has 0 aliphatic heterocycles. The highest BCUT2D eigenvalue weighted by Gasteiger charge is 2.20. The molecule has 0 radical (unpaired) electrons. The zero-order chi connectivity index (χ0) is 19.7. The molecular formula is C19H25ClN6O2S. The Labute approximate surface area is 176 Å². The molecule has 1 aromatic carbocycles. The van der Waals surface area contributed by atoms with Gasteiger partial charge in [0.25, 0.3) is 0 Å². The number of fused-ring (bicyclic) bond motifs is 1. The first-order valence-corrected chi connectivity index (χ1v) is 11.3. The fraction of sp³-hybridized carbons (Fsp3) is 0.421. The molecule has 2 aromatic heterocycles. The number of nitrogens with one attached hydrogen (secondary N) is 1. The quantitative estimate of drug-likeness (QED) is 0.631. The molecule has 1 fully saturated rings. The van der Waals surface area contributed by atoms with Crippen LogP contribution < -0.4 is 11.1 Å². The van der Waals surface area contributed by atoms with Crippen LogP contribution in [0.2, 0.25) is 0 Å². The van der Waals surface area contributed by atoms with E-state index in [1.807, 2.05) is 4.68 Å². The minimum absolute atomic E-state index is 0. The van der Waals surface area contributed by atoms with Gasteiger partial charge in [-0.05, 0) is 55.9 Å². The van der Waals surface area contributed by atoms with Crippen LogP contribution in [0.4, 0.5) is 11.6 Å². The molecular weight excluding hydrogens is 412 g/mol. The molecule has 8 nitrogen and oxygen atoms in total. The largest absolute Gasteiger partial charge is 0.328 e. The number of benzene rings is 1. The maximum atomic E-state index is 11.6. The summed E-state index contributed by atoms with van der Waals surface area (Å²) in [7, 11) is -3.22. The highest BCUT2D eigenvalue weighted by atomic mass is 35.5. The smallest absolute Gasteiger partial charge is 0.229 e. The van der Waals surface area contributed by atoms with Crippen molar-refractivity contribution in [2.24, 2.45) is 11.7 Å². The second-order valence-corrected chi connectivity index (χ2v) is 9.52. The fourth-order valence-electron chi connectivity index (χ4n) is 3.59. The summed E-state index contributed by atoms with van der Waals surface area (Å²) in [5.74, 6) is 1.02. The lowest BCUT2D eigenvalue weighted by Crippen LogP contribution is -2.28. The van der Waals surface area contributed by atoms with Gasteiger partial charge in [-0.1, -0.05) is 0 Å². The van der Waals surface area contributed by atoms with Gasteiger partial charge < -0.3 is 11.1 Å². The lowest BCUT2D eigenvalue weighted by molar-refractivity contribution is 0.288. The van der Waals surface area contributed by atoms with Crippen LogP contribution >= 0.6 is 12.4 Å². The highest BCUT2D eigenvalue weighted by molar-refractivity contribution is 7.90. The number of rotatable bonds is 5. The van der Waals surface area contributed by atoms with E-state index in [4.69, 9.17) is 5.73 Å². The first kappa shape index (κ1) is 21.5. The van der Waals surface area contributed by atoms with E-state index in [9.17, 15) is 8.42 Å². The number of anilines is 2. The van der Waals surface area contributed by atoms with Gasteiger partial charge in [-0.3, -0.25) is 0 Å². The Hall–Kier alpha value is -2.23. The van der Waals surface area contributed by atoms with Crippen molar-refractivity contribution < 1.29 is 8.42 Å². The lowest BCUT2D eigenvalue weighted by atomic mass is 9.86. The zero-order valence-electron chi connectivity index (χ0n) is 16.2. The van der Waals surface area contributed by atoms with Gasteiger partial charge in [0.2, 0.25) is 5.95 Å². The molecule has 1 aliphatic carbocycles. The molecule has 0 atom stereocenters. The molecule has 3 aromatic rings. The monoisotopic (exact) mass is 436 g/mol. The van der Waals surface area contributed by atoms with Crippen LogP contribution in [0, 0.1) is 5.92 Å². The average molecular weight is 437 g/mol. The molecule has 0 spiro atoms. The van der Waals surface area contributed by atoms with E-state index in [0.29, 0.717) is 17.9 Å². The molecule has 0 saturated heterocycles. The van der Waals surface area contributed by atoms with E-state index in [0.717, 1.165) is 48.9 Å². The van der Waals surface area contributed by atoms with Crippen LogP contribution in [0.15, 0.2) is 41.6 Å². The average Bonchev–Trinajstić information content (AvgIpc) is 3.05. The van der Waals surface area contributed by atoms with Gasteiger partial charge in [0.15, 0.2) is 15.5 Å². The molecule has 4 rings (SSSR count). The van der Waals surface area contributed by atoms with E-state index in [1.54, 1.807) is 36.7 Å². The summed E-state index contributed by atoms with van der Waals surface area (Å²) in [4.78, 5) is 9.23. The minimum atomic E-state index is -3.22. The molecule has 156 valence electrons. The van der Waals surface area contributed by atoms with Gasteiger partial charge >= 0.3 is 0 Å². The van der Waals surface area contributed by atoms with Gasteiger partial charge in [-0.25, -0.2) is 18.1 Å². The predicted molar refractivity (Wildman–Crippen MR) is 115 cm³/mol. The predicted octanol–water partition coefficient (Wildman–Crippen LogP) is 2.91. The van der Waals surface area contributed by atoms with Crippen molar-refractivity contribution in [3.05, 3.63) is 36.7 Å². The van der Waals surface area contributed by atoms with E-state index in [1.165, 1.54) is 6.26 Å². The Balaban J connectivity index is 0.00000240. The van der Waals surface area contributed by atoms with Crippen molar-refractivity contribution in [1.82, 2.24) is 19.7 Å². The normalized spacial score (nSPS) is 19.7. The summed E-state index contributed by atoms with van der Waals surface area (Å²) in [6, 6.07) is 6.86. The molecule has 3 N–H and O–H groups in total. The summed E-state index contributed by atoms with van der Waals surface area (Å²) in [6.07, 6.45) is 9.08. The maximum Gasteiger partial charge on any atom is 0.229 e. The van der Waals surface area contributed by atoms with E-state index < -0.39 is 9.84 Å². The Morgan fingerprint density at radius 2 is 1.83 bits per heavy atom. The molecule has 1 aliphatic rings. The van der Waals surface area contributed by atoms with E-state index in [-0.39, 0.29) is 17.3 Å². The first-order valence-electron chi connectivity index (χ1n) is 9.40. The van der Waals surface area contributed by atoms with Crippen LogP contribution in [0.3, 0.4) is 0 Å². The highest BCUT2D eigenvalue weighted by Crippen LogP contribution is 2.26. The Kier molecular flexibility index (Phi) is 6.40. The molecule has 10 heteroatoms. The number of hydrogen-bond donors (Lipinski definition) is 2. The number of sulfone groups is 1. The third-order valence-electron chi connectivity index (χ3n) is 5.24. The van der Waals surface area contributed by atoms with Crippen molar-refractivity contribution in [3.63, 3.8) is 0 Å². The van der Waals surface area contributed by atoms with Gasteiger partial charge in [-0.15, -0.1) is 12.4 Å². The van der Waals surface area contributed by atoms with E-state index >= 15 is 0 Å². The molecule has 2 heterocycles. The first-order chi connectivity index (χ1) is 13.4. The van der Waals surface area contributed by atoms with Crippen molar-refractivity contribution in [2.75, 3.05) is 11.6 Å². The number of nitrogens with zero attached hydrogens (tertiary/aromatic N) is 4. The lowest BCUT2D eigenvalue weighted by Gasteiger charge is -2.25. The van der Waals surface area contributed by atoms with Crippen LogP contribution in [0.5, 0.6) is 0 Å². The molecule has 0 unspecified atom stereocenters. The summed E-state index contributed by atoms with van der Waals surface area (Å²) in [5, 5.41) is 8.50. The van der Waals surface area contributed by atoms with Crippen molar-refractivity contribution in [1.29, 1.82) is 0 Å². The third-order valence-corrected chi connectivity index (χ3v) is 6.37. The Morgan fingerprint density at radius 3 is 2.48 bits per heavy atom. The van der Waals surface area contributed by atoms with Crippen LogP contribution in [-0.4, -0.2) is 40.5 Å². The summed E-state index contributed by atoms with van der Waals surface area (Å²) >= 11 is 0. The van der Waals surface area contributed by atoms with Crippen LogP contribution in [0.25, 0.3) is 11.0 Å². The number of halogens is 1. The van der Waals surface area contributed by atoms with Gasteiger partial charge in [0, 0.05) is 30.7 Å². The second kappa shape index (κ2) is 8.64. The summed E-state index contributed by atoms with van der Waals surface area (Å²) in [6.45, 7) is 0.829. The van der Waals surface area contributed by atoms with Crippen LogP contribution in [-0.2, 0) is 16.4 Å². The topological polar surface area (TPSA) is 116 Å². The fourth-order valence-corrected chi connectivity index (χ4v) is 4.22. The summed E-state index contributed by atoms with van der Waals surface area (Å²) < 4.78 is 25.1. The number of aromatic nitrogens is 4. The van der Waals surface area contributed by atoms with Crippen LogP contribution in [0.1, 0.15) is 25.7 Å². The summed E-state index contributed by atoms with van der Waals surface area (Å²) in [5.41, 5.74) is 7.52. The van der Waals surface area contributed by atoms with E-state index in [2.05, 4.69) is 20.4 Å². The van der Waals surface area contributed by atoms with Crippen molar-refractivity contribution in [3.8, 4) is 0 Å². The van der Waals surface area contributed by atoms with Crippen molar-refractivity contribution >= 4 is 44.9 Å². The minimum Gasteiger partial charge on any atom is -0.328 e. The number of nitrogens with two attached hydrogens (primary N) is 1. The Bertz CT molecular complexity index is 1080. The SMILES string of the molecule is CS(=O)(=O)c1ccc(Nc2ncc3cnn(CC4CCC(N)CC4)c3n2)cc1.Cl. The second-order valence-electron chi connectivity index (χ2n) is 7.50. The molecule has 0 bridgehead atoms. The maximum absolute atomic E-state index is 11.6. The standard InChI is InChI=1S/C19H24N6O2S.ClH/c1-28(26,27)17-8-6-16(7-9-17)23-19-21-10-14-11-22-25(18(14)24-19)12-13-2-4-15(20)5-3-13;/h6-11,13,15H,2-5,12,20H2,1H3,(H,21,23,24);1H. The Morgan fingerprint density at radius 1 is 1.14 bits per heavy atom. The molecule has 0 amide bonds. The van der Waals surface area contributed by atoms with Gasteiger partial charge in [0.05, 0.1) is 16.5 Å². The molecule has 29 heavy (non-hydrogen) atoms. The number of hydrogen-bond acceptors (Lipinski definition) is 7. The zero-order valence-corrected chi connectivity index (χ0v) is 17.8. The van der Waals surface area contributed by atoms with Gasteiger partial charge in [0.1, 0.15) is 0 Å². The van der Waals surface area contributed by atoms with Crippen molar-refractivity contribution in [2.45, 2.75) is 43.2 Å². The molecule has 1 saturated carbocycles.